The van der Waals surface area contributed by atoms with Gasteiger partial charge in [-0.2, -0.15) is 0 Å². The molecule has 1 N–H and O–H groups in total. The number of fused-ring (bicyclic) bond motifs is 1. The lowest BCUT2D eigenvalue weighted by Gasteiger charge is -2.28. The average Bonchev–Trinajstić information content (AvgIpc) is 3.04. The molecule has 4 rings (SSSR count). The van der Waals surface area contributed by atoms with Gasteiger partial charge in [-0.05, 0) is 50.3 Å². The zero-order valence-electron chi connectivity index (χ0n) is 12.3. The fourth-order valence-electron chi connectivity index (χ4n) is 3.46. The highest BCUT2D eigenvalue weighted by Gasteiger charge is 2.39. The highest BCUT2D eigenvalue weighted by molar-refractivity contribution is 8.01. The predicted octanol–water partition coefficient (Wildman–Crippen LogP) is 2.45. The van der Waals surface area contributed by atoms with Gasteiger partial charge in [0.25, 0.3) is 0 Å². The maximum atomic E-state index is 13.0. The van der Waals surface area contributed by atoms with Crippen LogP contribution < -0.4 is 5.32 Å². The maximum absolute atomic E-state index is 13.0. The van der Waals surface area contributed by atoms with Crippen LogP contribution >= 0.6 is 11.8 Å². The monoisotopic (exact) mass is 302 g/mol. The molecule has 0 spiro atoms. The van der Waals surface area contributed by atoms with Crippen LogP contribution in [0.15, 0.2) is 29.2 Å². The Hall–Kier alpha value is -1.00. The fraction of sp³-hybridized carbons (Fsp3) is 0.588. The van der Waals surface area contributed by atoms with Crippen molar-refractivity contribution in [3.8, 4) is 0 Å². The summed E-state index contributed by atoms with van der Waals surface area (Å²) in [7, 11) is 0. The highest BCUT2D eigenvalue weighted by atomic mass is 32.2. The first-order valence-corrected chi connectivity index (χ1v) is 8.97. The van der Waals surface area contributed by atoms with E-state index in [4.69, 9.17) is 0 Å². The normalized spacial score (nSPS) is 27.6. The van der Waals surface area contributed by atoms with Crippen LogP contribution in [0.4, 0.5) is 0 Å². The van der Waals surface area contributed by atoms with Gasteiger partial charge in [0.05, 0.1) is 5.25 Å². The van der Waals surface area contributed by atoms with Gasteiger partial charge in [0.1, 0.15) is 0 Å². The second-order valence-corrected chi connectivity index (χ2v) is 7.68. The van der Waals surface area contributed by atoms with Gasteiger partial charge in [-0.15, -0.1) is 11.8 Å². The summed E-state index contributed by atoms with van der Waals surface area (Å²) in [5, 5.41) is 3.63. The first-order chi connectivity index (χ1) is 10.3. The summed E-state index contributed by atoms with van der Waals surface area (Å²) in [6.45, 7) is 2.03. The molecule has 2 atom stereocenters. The molecule has 3 nitrogen and oxygen atoms in total. The van der Waals surface area contributed by atoms with Crippen molar-refractivity contribution in [2.24, 2.45) is 0 Å². The molecule has 2 heterocycles. The number of amides is 1. The molecule has 4 heteroatoms. The number of carbonyl (C=O) groups excluding carboxylic acids is 1. The van der Waals surface area contributed by atoms with E-state index in [1.165, 1.54) is 36.1 Å². The Balaban J connectivity index is 1.45. The molecule has 1 amide bonds. The molecule has 1 aromatic carbocycles. The number of carbonyl (C=O) groups is 1. The molecule has 1 saturated carbocycles. The second kappa shape index (κ2) is 5.65. The van der Waals surface area contributed by atoms with Crippen LogP contribution in [-0.2, 0) is 11.2 Å². The Morgan fingerprint density at radius 2 is 2.14 bits per heavy atom. The topological polar surface area (TPSA) is 32.3 Å². The van der Waals surface area contributed by atoms with Crippen LogP contribution in [0.25, 0.3) is 0 Å². The molecule has 1 aromatic rings. The zero-order chi connectivity index (χ0) is 14.2. The summed E-state index contributed by atoms with van der Waals surface area (Å²) in [5.74, 6) is 0.368. The molecule has 2 aliphatic heterocycles. The van der Waals surface area contributed by atoms with Gasteiger partial charge in [0, 0.05) is 23.5 Å². The van der Waals surface area contributed by atoms with E-state index in [1.54, 1.807) is 11.8 Å². The summed E-state index contributed by atoms with van der Waals surface area (Å²) in [5.41, 5.74) is 1.34. The Morgan fingerprint density at radius 3 is 2.86 bits per heavy atom. The molecule has 2 fully saturated rings. The van der Waals surface area contributed by atoms with Crippen molar-refractivity contribution in [1.82, 2.24) is 10.2 Å². The lowest BCUT2D eigenvalue weighted by Crippen LogP contribution is -2.45. The molecule has 21 heavy (non-hydrogen) atoms. The van der Waals surface area contributed by atoms with Crippen LogP contribution in [-0.4, -0.2) is 41.2 Å². The van der Waals surface area contributed by atoms with Crippen LogP contribution in [0.5, 0.6) is 0 Å². The first-order valence-electron chi connectivity index (χ1n) is 8.10. The van der Waals surface area contributed by atoms with E-state index in [0.29, 0.717) is 18.0 Å². The molecular weight excluding hydrogens is 280 g/mol. The summed E-state index contributed by atoms with van der Waals surface area (Å²) < 4.78 is 0. The van der Waals surface area contributed by atoms with E-state index in [2.05, 4.69) is 34.5 Å². The lowest BCUT2D eigenvalue weighted by atomic mass is 10.1. The Morgan fingerprint density at radius 1 is 1.29 bits per heavy atom. The van der Waals surface area contributed by atoms with Crippen molar-refractivity contribution in [3.63, 3.8) is 0 Å². The molecule has 0 bridgehead atoms. The summed E-state index contributed by atoms with van der Waals surface area (Å²) in [6, 6.07) is 9.49. The SMILES string of the molecule is O=C(C1Cc2ccccc2S1)N(CC1CCCN1)C1CC1. The van der Waals surface area contributed by atoms with Gasteiger partial charge < -0.3 is 10.2 Å². The van der Waals surface area contributed by atoms with Gasteiger partial charge >= 0.3 is 0 Å². The fourth-order valence-corrected chi connectivity index (χ4v) is 4.73. The van der Waals surface area contributed by atoms with E-state index in [1.807, 2.05) is 0 Å². The number of hydrogen-bond donors (Lipinski definition) is 1. The Labute approximate surface area is 130 Å². The number of rotatable bonds is 4. The quantitative estimate of drug-likeness (QED) is 0.927. The minimum Gasteiger partial charge on any atom is -0.337 e. The second-order valence-electron chi connectivity index (χ2n) is 6.43. The summed E-state index contributed by atoms with van der Waals surface area (Å²) in [4.78, 5) is 16.4. The number of nitrogens with one attached hydrogen (secondary N) is 1. The number of benzene rings is 1. The summed E-state index contributed by atoms with van der Waals surface area (Å²) in [6.07, 6.45) is 5.77. The molecule has 1 aliphatic carbocycles. The van der Waals surface area contributed by atoms with Crippen LogP contribution in [0.1, 0.15) is 31.2 Å². The molecule has 0 radical (unpaired) electrons. The first kappa shape index (κ1) is 13.6. The third-order valence-corrected chi connectivity index (χ3v) is 6.08. The van der Waals surface area contributed by atoms with Gasteiger partial charge in [-0.1, -0.05) is 18.2 Å². The lowest BCUT2D eigenvalue weighted by molar-refractivity contribution is -0.131. The zero-order valence-corrected chi connectivity index (χ0v) is 13.1. The standard InChI is InChI=1S/C17H22N2OS/c20-17(16-10-12-4-1-2-6-15(12)21-16)19(14-7-8-14)11-13-5-3-9-18-13/h1-2,4,6,13-14,16,18H,3,5,7-11H2. The molecule has 112 valence electrons. The number of nitrogens with zero attached hydrogens (tertiary/aromatic N) is 1. The predicted molar refractivity (Wildman–Crippen MR) is 85.6 cm³/mol. The molecular formula is C17H22N2OS. The van der Waals surface area contributed by atoms with E-state index in [9.17, 15) is 4.79 Å². The van der Waals surface area contributed by atoms with Gasteiger partial charge in [0.2, 0.25) is 5.91 Å². The van der Waals surface area contributed by atoms with Gasteiger partial charge in [-0.25, -0.2) is 0 Å². The van der Waals surface area contributed by atoms with Crippen molar-refractivity contribution in [2.75, 3.05) is 13.1 Å². The third-order valence-electron chi connectivity index (χ3n) is 4.77. The maximum Gasteiger partial charge on any atom is 0.236 e. The van der Waals surface area contributed by atoms with Gasteiger partial charge in [0.15, 0.2) is 0 Å². The number of hydrogen-bond acceptors (Lipinski definition) is 3. The van der Waals surface area contributed by atoms with E-state index >= 15 is 0 Å². The Kier molecular flexibility index (Phi) is 3.67. The summed E-state index contributed by atoms with van der Waals surface area (Å²) >= 11 is 1.76. The van der Waals surface area contributed by atoms with E-state index < -0.39 is 0 Å². The van der Waals surface area contributed by atoms with Crippen LogP contribution in [0.2, 0.25) is 0 Å². The van der Waals surface area contributed by atoms with Gasteiger partial charge in [-0.3, -0.25) is 4.79 Å². The van der Waals surface area contributed by atoms with Crippen molar-refractivity contribution in [2.45, 2.75) is 54.3 Å². The molecule has 0 aromatic heterocycles. The van der Waals surface area contributed by atoms with Crippen molar-refractivity contribution in [1.29, 1.82) is 0 Å². The minimum absolute atomic E-state index is 0.101. The minimum atomic E-state index is 0.101. The van der Waals surface area contributed by atoms with E-state index in [0.717, 1.165) is 19.5 Å². The third kappa shape index (κ3) is 2.84. The molecule has 3 aliphatic rings. The van der Waals surface area contributed by atoms with Crippen molar-refractivity contribution >= 4 is 17.7 Å². The Bertz CT molecular complexity index is 512. The van der Waals surface area contributed by atoms with Crippen molar-refractivity contribution < 1.29 is 4.79 Å². The highest BCUT2D eigenvalue weighted by Crippen LogP contribution is 2.39. The van der Waals surface area contributed by atoms with Crippen LogP contribution in [0, 0.1) is 0 Å². The molecule has 2 unspecified atom stereocenters. The number of thioether (sulfide) groups is 1. The average molecular weight is 302 g/mol. The van der Waals surface area contributed by atoms with Crippen molar-refractivity contribution in [3.05, 3.63) is 29.8 Å². The smallest absolute Gasteiger partial charge is 0.236 e. The molecule has 1 saturated heterocycles. The van der Waals surface area contributed by atoms with E-state index in [-0.39, 0.29) is 5.25 Å². The largest absolute Gasteiger partial charge is 0.337 e. The van der Waals surface area contributed by atoms with Crippen LogP contribution in [0.3, 0.4) is 0 Å².